The van der Waals surface area contributed by atoms with Crippen molar-refractivity contribution in [2.45, 2.75) is 112 Å². The molecule has 0 bridgehead atoms. The Morgan fingerprint density at radius 2 is 0.923 bits per heavy atom. The summed E-state index contributed by atoms with van der Waals surface area (Å²) in [5.74, 6) is 0. The molecule has 2 rings (SSSR count). The molecule has 0 saturated carbocycles. The lowest BCUT2D eigenvalue weighted by Gasteiger charge is -2.05. The normalized spacial score (nSPS) is 27.0. The standard InChI is InChI=1S/C22H42O2S2/c1-3-5-11-19-21(25-19)13-17-23-15-9-7-8-10-16-24-18-14-22-20(26-22)12-6-4-2/h19-22H,3-18H2,1-2H3. The Kier molecular flexibility index (Phi) is 12.9. The van der Waals surface area contributed by atoms with Gasteiger partial charge in [0.1, 0.15) is 0 Å². The number of unbranched alkanes of at least 4 members (excludes halogenated alkanes) is 5. The summed E-state index contributed by atoms with van der Waals surface area (Å²) in [6, 6.07) is 0. The fourth-order valence-electron chi connectivity index (χ4n) is 3.55. The summed E-state index contributed by atoms with van der Waals surface area (Å²) in [7, 11) is 0. The highest BCUT2D eigenvalue weighted by atomic mass is 32.2. The van der Waals surface area contributed by atoms with Crippen molar-refractivity contribution in [2.75, 3.05) is 26.4 Å². The number of thioether (sulfide) groups is 2. The van der Waals surface area contributed by atoms with E-state index in [1.165, 1.54) is 77.0 Å². The van der Waals surface area contributed by atoms with Gasteiger partial charge in [0.05, 0.1) is 0 Å². The quantitative estimate of drug-likeness (QED) is 0.176. The molecular weight excluding hydrogens is 360 g/mol. The first-order chi connectivity index (χ1) is 12.8. The maximum absolute atomic E-state index is 5.81. The van der Waals surface area contributed by atoms with Crippen LogP contribution < -0.4 is 0 Å². The molecule has 0 aliphatic carbocycles. The van der Waals surface area contributed by atoms with Crippen LogP contribution in [0.5, 0.6) is 0 Å². The van der Waals surface area contributed by atoms with Crippen LogP contribution in [0.15, 0.2) is 0 Å². The number of rotatable bonds is 19. The molecule has 0 aromatic rings. The van der Waals surface area contributed by atoms with E-state index in [1.807, 2.05) is 0 Å². The topological polar surface area (TPSA) is 18.5 Å². The van der Waals surface area contributed by atoms with Crippen molar-refractivity contribution in [3.05, 3.63) is 0 Å². The van der Waals surface area contributed by atoms with E-state index < -0.39 is 0 Å². The molecule has 4 heteroatoms. The molecule has 0 amide bonds. The van der Waals surface area contributed by atoms with Gasteiger partial charge in [-0.2, -0.15) is 23.5 Å². The number of hydrogen-bond donors (Lipinski definition) is 0. The molecule has 0 aromatic carbocycles. The van der Waals surface area contributed by atoms with Crippen LogP contribution in [-0.4, -0.2) is 47.4 Å². The molecule has 4 atom stereocenters. The summed E-state index contributed by atoms with van der Waals surface area (Å²) in [6.45, 7) is 8.43. The highest BCUT2D eigenvalue weighted by molar-refractivity contribution is 8.07. The fourth-order valence-corrected chi connectivity index (χ4v) is 5.88. The van der Waals surface area contributed by atoms with Gasteiger partial charge < -0.3 is 9.47 Å². The van der Waals surface area contributed by atoms with Crippen molar-refractivity contribution in [1.29, 1.82) is 0 Å². The third-order valence-corrected chi connectivity index (χ3v) is 8.51. The minimum atomic E-state index is 0.912. The van der Waals surface area contributed by atoms with Gasteiger partial charge >= 0.3 is 0 Å². The van der Waals surface area contributed by atoms with E-state index in [9.17, 15) is 0 Å². The Bertz CT molecular complexity index is 308. The average Bonchev–Trinajstić information content (AvgIpc) is 3.56. The van der Waals surface area contributed by atoms with Crippen molar-refractivity contribution in [3.63, 3.8) is 0 Å². The van der Waals surface area contributed by atoms with E-state index in [4.69, 9.17) is 9.47 Å². The molecular formula is C22H42O2S2. The third kappa shape index (κ3) is 10.8. The predicted molar refractivity (Wildman–Crippen MR) is 119 cm³/mol. The summed E-state index contributed by atoms with van der Waals surface area (Å²) < 4.78 is 11.6. The van der Waals surface area contributed by atoms with Gasteiger partial charge in [-0.1, -0.05) is 52.4 Å². The van der Waals surface area contributed by atoms with Gasteiger partial charge in [0.15, 0.2) is 0 Å². The zero-order valence-electron chi connectivity index (χ0n) is 17.3. The van der Waals surface area contributed by atoms with E-state index in [2.05, 4.69) is 37.4 Å². The van der Waals surface area contributed by atoms with Gasteiger partial charge in [0, 0.05) is 47.4 Å². The van der Waals surface area contributed by atoms with Gasteiger partial charge in [0.2, 0.25) is 0 Å². The van der Waals surface area contributed by atoms with Crippen LogP contribution in [-0.2, 0) is 9.47 Å². The van der Waals surface area contributed by atoms with Gasteiger partial charge in [-0.25, -0.2) is 0 Å². The predicted octanol–water partition coefficient (Wildman–Crippen LogP) is 6.71. The van der Waals surface area contributed by atoms with Crippen LogP contribution in [0.4, 0.5) is 0 Å². The lowest BCUT2D eigenvalue weighted by molar-refractivity contribution is 0.119. The Labute approximate surface area is 171 Å². The molecule has 4 unspecified atom stereocenters. The summed E-state index contributed by atoms with van der Waals surface area (Å²) >= 11 is 4.34. The Morgan fingerprint density at radius 1 is 0.500 bits per heavy atom. The molecule has 26 heavy (non-hydrogen) atoms. The Hall–Kier alpha value is 0.620. The largest absolute Gasteiger partial charge is 0.381 e. The lowest BCUT2D eigenvalue weighted by Crippen LogP contribution is -2.03. The summed E-state index contributed by atoms with van der Waals surface area (Å²) in [5.41, 5.74) is 0. The highest BCUT2D eigenvalue weighted by Gasteiger charge is 2.37. The smallest absolute Gasteiger partial charge is 0.0477 e. The van der Waals surface area contributed by atoms with Crippen molar-refractivity contribution in [2.24, 2.45) is 0 Å². The van der Waals surface area contributed by atoms with Gasteiger partial charge in [-0.05, 0) is 38.5 Å². The van der Waals surface area contributed by atoms with Crippen LogP contribution in [0, 0.1) is 0 Å². The van der Waals surface area contributed by atoms with E-state index >= 15 is 0 Å². The van der Waals surface area contributed by atoms with E-state index in [0.717, 1.165) is 47.4 Å². The molecule has 2 saturated heterocycles. The first-order valence-corrected chi connectivity index (χ1v) is 13.2. The molecule has 2 aliphatic rings. The fraction of sp³-hybridized carbons (Fsp3) is 1.00. The molecule has 154 valence electrons. The summed E-state index contributed by atoms with van der Waals surface area (Å²) in [5, 5.41) is 3.74. The zero-order valence-corrected chi connectivity index (χ0v) is 18.9. The second-order valence-electron chi connectivity index (χ2n) is 7.93. The highest BCUT2D eigenvalue weighted by Crippen LogP contribution is 2.47. The molecule has 2 aliphatic heterocycles. The minimum Gasteiger partial charge on any atom is -0.381 e. The average molecular weight is 403 g/mol. The summed E-state index contributed by atoms with van der Waals surface area (Å²) in [4.78, 5) is 0. The molecule has 0 N–H and O–H groups in total. The van der Waals surface area contributed by atoms with E-state index in [-0.39, 0.29) is 0 Å². The first kappa shape index (κ1) is 22.9. The van der Waals surface area contributed by atoms with Crippen molar-refractivity contribution < 1.29 is 9.47 Å². The van der Waals surface area contributed by atoms with E-state index in [1.54, 1.807) is 0 Å². The van der Waals surface area contributed by atoms with Crippen LogP contribution >= 0.6 is 23.5 Å². The third-order valence-electron chi connectivity index (χ3n) is 5.48. The molecule has 2 nitrogen and oxygen atoms in total. The summed E-state index contributed by atoms with van der Waals surface area (Å²) in [6.07, 6.45) is 15.9. The van der Waals surface area contributed by atoms with Crippen LogP contribution in [0.25, 0.3) is 0 Å². The van der Waals surface area contributed by atoms with Gasteiger partial charge in [-0.3, -0.25) is 0 Å². The minimum absolute atomic E-state index is 0.912. The molecule has 0 radical (unpaired) electrons. The van der Waals surface area contributed by atoms with Crippen LogP contribution in [0.3, 0.4) is 0 Å². The lowest BCUT2D eigenvalue weighted by atomic mass is 10.1. The second-order valence-corrected chi connectivity index (χ2v) is 10.9. The van der Waals surface area contributed by atoms with Gasteiger partial charge in [0.25, 0.3) is 0 Å². The van der Waals surface area contributed by atoms with E-state index in [0.29, 0.717) is 0 Å². The van der Waals surface area contributed by atoms with Crippen LogP contribution in [0.1, 0.15) is 90.9 Å². The van der Waals surface area contributed by atoms with Crippen molar-refractivity contribution in [1.82, 2.24) is 0 Å². The second kappa shape index (κ2) is 14.6. The van der Waals surface area contributed by atoms with Gasteiger partial charge in [-0.15, -0.1) is 0 Å². The molecule has 2 fully saturated rings. The maximum atomic E-state index is 5.81. The SMILES string of the molecule is CCCCC1SC1CCOCCCCCCOCCC1SC1CCCC. The van der Waals surface area contributed by atoms with Crippen molar-refractivity contribution in [3.8, 4) is 0 Å². The maximum Gasteiger partial charge on any atom is 0.0477 e. The monoisotopic (exact) mass is 402 g/mol. The molecule has 0 spiro atoms. The Morgan fingerprint density at radius 3 is 1.35 bits per heavy atom. The van der Waals surface area contributed by atoms with Crippen LogP contribution in [0.2, 0.25) is 0 Å². The molecule has 2 heterocycles. The number of ether oxygens (including phenoxy) is 2. The van der Waals surface area contributed by atoms with Crippen molar-refractivity contribution >= 4 is 23.5 Å². The number of hydrogen-bond acceptors (Lipinski definition) is 4. The zero-order chi connectivity index (χ0) is 18.5. The first-order valence-electron chi connectivity index (χ1n) is 11.3. The molecule has 0 aromatic heterocycles. The Balaban J connectivity index is 1.22.